The summed E-state index contributed by atoms with van der Waals surface area (Å²) in [5, 5.41) is 0. The molecule has 5 nitrogen and oxygen atoms in total. The molecule has 6 heteroatoms. The zero-order valence-electron chi connectivity index (χ0n) is 12.1. The first-order valence-corrected chi connectivity index (χ1v) is 8.34. The Morgan fingerprint density at radius 2 is 1.60 bits per heavy atom. The lowest BCUT2D eigenvalue weighted by Gasteiger charge is -2.08. The van der Waals surface area contributed by atoms with Crippen LogP contribution in [0.3, 0.4) is 0 Å². The number of hydrogen-bond acceptors (Lipinski definition) is 4. The van der Waals surface area contributed by atoms with Crippen molar-refractivity contribution in [1.82, 2.24) is 4.72 Å². The highest BCUT2D eigenvalue weighted by atomic mass is 32.2. The van der Waals surface area contributed by atoms with E-state index in [1.807, 2.05) is 0 Å². The second-order valence-corrected chi connectivity index (χ2v) is 5.96. The second-order valence-electron chi connectivity index (χ2n) is 4.48. The van der Waals surface area contributed by atoms with Crippen molar-refractivity contribution in [3.63, 3.8) is 0 Å². The van der Waals surface area contributed by atoms with Crippen molar-refractivity contribution in [3.8, 4) is 11.5 Å². The van der Waals surface area contributed by atoms with Crippen LogP contribution >= 0.6 is 0 Å². The van der Waals surface area contributed by atoms with Gasteiger partial charge in [-0.3, -0.25) is 0 Å². The zero-order valence-corrected chi connectivity index (χ0v) is 12.9. The number of nitrogens with one attached hydrogen (secondary N) is 1. The van der Waals surface area contributed by atoms with Gasteiger partial charge in [0.15, 0.2) is 0 Å². The van der Waals surface area contributed by atoms with E-state index in [0.29, 0.717) is 6.61 Å². The van der Waals surface area contributed by atoms with Gasteiger partial charge in [0.2, 0.25) is 0 Å². The van der Waals surface area contributed by atoms with Crippen molar-refractivity contribution in [3.05, 3.63) is 24.3 Å². The first-order chi connectivity index (χ1) is 9.57. The van der Waals surface area contributed by atoms with Crippen molar-refractivity contribution >= 4 is 10.3 Å². The van der Waals surface area contributed by atoms with Crippen LogP contribution in [0.15, 0.2) is 24.3 Å². The Morgan fingerprint density at radius 3 is 2.20 bits per heavy atom. The minimum absolute atomic E-state index is 0.259. The lowest BCUT2D eigenvalue weighted by atomic mass is 10.2. The quantitative estimate of drug-likeness (QED) is 0.675. The first kappa shape index (κ1) is 16.8. The van der Waals surface area contributed by atoms with Gasteiger partial charge >= 0.3 is 10.3 Å². The molecule has 0 unspecified atom stereocenters. The molecule has 114 valence electrons. The maximum absolute atomic E-state index is 11.2. The van der Waals surface area contributed by atoms with Gasteiger partial charge in [0.05, 0.1) is 6.61 Å². The van der Waals surface area contributed by atoms with Gasteiger partial charge in [0.1, 0.15) is 11.5 Å². The molecule has 0 aromatic heterocycles. The van der Waals surface area contributed by atoms with Crippen LogP contribution in [0, 0.1) is 0 Å². The van der Waals surface area contributed by atoms with Crippen LogP contribution in [0.25, 0.3) is 0 Å². The molecule has 0 fully saturated rings. The maximum atomic E-state index is 11.2. The predicted octanol–water partition coefficient (Wildman–Crippen LogP) is 2.88. The van der Waals surface area contributed by atoms with Crippen molar-refractivity contribution < 1.29 is 17.3 Å². The maximum Gasteiger partial charge on any atom is 0.382 e. The number of ether oxygens (including phenoxy) is 1. The summed E-state index contributed by atoms with van der Waals surface area (Å²) in [6.07, 6.45) is 5.96. The molecule has 0 bridgehead atoms. The third-order valence-corrected chi connectivity index (χ3v) is 3.71. The molecule has 0 heterocycles. The fraction of sp³-hybridized carbons (Fsp3) is 0.571. The molecule has 0 aliphatic carbocycles. The summed E-state index contributed by atoms with van der Waals surface area (Å²) in [6, 6.07) is 6.54. The van der Waals surface area contributed by atoms with E-state index in [-0.39, 0.29) is 5.75 Å². The molecule has 0 radical (unpaired) electrons. The van der Waals surface area contributed by atoms with Crippen LogP contribution in [-0.4, -0.2) is 22.1 Å². The third kappa shape index (κ3) is 6.77. The molecule has 0 spiro atoms. The van der Waals surface area contributed by atoms with Gasteiger partial charge in [-0.15, -0.1) is 0 Å². The number of rotatable bonds is 10. The first-order valence-electron chi connectivity index (χ1n) is 6.93. The normalized spacial score (nSPS) is 11.3. The fourth-order valence-corrected chi connectivity index (χ4v) is 2.10. The summed E-state index contributed by atoms with van der Waals surface area (Å²) >= 11 is 0. The van der Waals surface area contributed by atoms with Crippen molar-refractivity contribution in [1.29, 1.82) is 0 Å². The van der Waals surface area contributed by atoms with Gasteiger partial charge in [-0.05, 0) is 30.7 Å². The van der Waals surface area contributed by atoms with E-state index in [0.717, 1.165) is 12.2 Å². The standard InChI is InChI=1S/C14H23NO4S/c1-3-4-5-6-7-12-18-13-8-10-14(11-9-13)19-20(16,17)15-2/h8-11,15H,3-7,12H2,1-2H3. The molecule has 1 N–H and O–H groups in total. The van der Waals surface area contributed by atoms with Crippen LogP contribution < -0.4 is 13.6 Å². The number of unbranched alkanes of at least 4 members (excludes halogenated alkanes) is 4. The van der Waals surface area contributed by atoms with Gasteiger partial charge in [0, 0.05) is 7.05 Å². The molecular formula is C14H23NO4S. The van der Waals surface area contributed by atoms with E-state index >= 15 is 0 Å². The lowest BCUT2D eigenvalue weighted by Crippen LogP contribution is -2.24. The van der Waals surface area contributed by atoms with E-state index in [1.165, 1.54) is 32.7 Å². The van der Waals surface area contributed by atoms with Gasteiger partial charge in [-0.25, -0.2) is 0 Å². The number of hydrogen-bond donors (Lipinski definition) is 1. The molecule has 0 atom stereocenters. The molecule has 20 heavy (non-hydrogen) atoms. The van der Waals surface area contributed by atoms with E-state index in [1.54, 1.807) is 24.3 Å². The number of benzene rings is 1. The minimum atomic E-state index is -3.71. The Kier molecular flexibility index (Phi) is 7.40. The largest absolute Gasteiger partial charge is 0.494 e. The SMILES string of the molecule is CCCCCCCOc1ccc(OS(=O)(=O)NC)cc1. The predicted molar refractivity (Wildman–Crippen MR) is 79.3 cm³/mol. The van der Waals surface area contributed by atoms with E-state index in [9.17, 15) is 8.42 Å². The molecule has 0 amide bonds. The molecule has 0 saturated carbocycles. The molecule has 1 rings (SSSR count). The molecule has 1 aromatic carbocycles. The van der Waals surface area contributed by atoms with Gasteiger partial charge in [0.25, 0.3) is 0 Å². The molecular weight excluding hydrogens is 278 g/mol. The van der Waals surface area contributed by atoms with Crippen LogP contribution in [0.1, 0.15) is 39.0 Å². The monoisotopic (exact) mass is 301 g/mol. The van der Waals surface area contributed by atoms with Crippen LogP contribution in [0.5, 0.6) is 11.5 Å². The molecule has 1 aromatic rings. The molecule has 0 aliphatic heterocycles. The van der Waals surface area contributed by atoms with Crippen LogP contribution in [-0.2, 0) is 10.3 Å². The highest BCUT2D eigenvalue weighted by Crippen LogP contribution is 2.19. The zero-order chi connectivity index (χ0) is 14.8. The summed E-state index contributed by atoms with van der Waals surface area (Å²) in [4.78, 5) is 0. The van der Waals surface area contributed by atoms with Crippen molar-refractivity contribution in [2.45, 2.75) is 39.0 Å². The average Bonchev–Trinajstić information content (AvgIpc) is 2.44. The summed E-state index contributed by atoms with van der Waals surface area (Å²) < 4.78 is 34.8. The Morgan fingerprint density at radius 1 is 1.00 bits per heavy atom. The Balaban J connectivity index is 2.32. The van der Waals surface area contributed by atoms with E-state index in [2.05, 4.69) is 11.6 Å². The smallest absolute Gasteiger partial charge is 0.382 e. The molecule has 0 saturated heterocycles. The van der Waals surface area contributed by atoms with Gasteiger partial charge < -0.3 is 8.92 Å². The van der Waals surface area contributed by atoms with Crippen LogP contribution in [0.4, 0.5) is 0 Å². The van der Waals surface area contributed by atoms with Gasteiger partial charge in [-0.2, -0.15) is 13.1 Å². The van der Waals surface area contributed by atoms with E-state index in [4.69, 9.17) is 8.92 Å². The summed E-state index contributed by atoms with van der Waals surface area (Å²) in [6.45, 7) is 2.87. The second kappa shape index (κ2) is 8.81. The fourth-order valence-electron chi connectivity index (χ4n) is 1.66. The summed E-state index contributed by atoms with van der Waals surface area (Å²) in [7, 11) is -2.41. The molecule has 0 aliphatic rings. The Labute approximate surface area is 121 Å². The Bertz CT molecular complexity index is 470. The van der Waals surface area contributed by atoms with Gasteiger partial charge in [-0.1, -0.05) is 32.6 Å². The van der Waals surface area contributed by atoms with E-state index < -0.39 is 10.3 Å². The lowest BCUT2D eigenvalue weighted by molar-refractivity contribution is 0.304. The van der Waals surface area contributed by atoms with Crippen molar-refractivity contribution in [2.75, 3.05) is 13.7 Å². The summed E-state index contributed by atoms with van der Waals surface area (Å²) in [5.74, 6) is 0.976. The highest BCUT2D eigenvalue weighted by Gasteiger charge is 2.08. The van der Waals surface area contributed by atoms with Crippen LogP contribution in [0.2, 0.25) is 0 Å². The van der Waals surface area contributed by atoms with Crippen molar-refractivity contribution in [2.24, 2.45) is 0 Å². The summed E-state index contributed by atoms with van der Waals surface area (Å²) in [5.41, 5.74) is 0. The average molecular weight is 301 g/mol. The highest BCUT2D eigenvalue weighted by molar-refractivity contribution is 7.85. The Hall–Kier alpha value is -1.27. The third-order valence-electron chi connectivity index (χ3n) is 2.80. The minimum Gasteiger partial charge on any atom is -0.494 e. The topological polar surface area (TPSA) is 64.6 Å².